The molecule has 0 spiro atoms. The Kier molecular flexibility index (Phi) is 12.4. The van der Waals surface area contributed by atoms with Gasteiger partial charge in [-0.15, -0.1) is 11.3 Å². The Balaban J connectivity index is 1.24. The molecule has 4 aromatic rings. The minimum Gasteiger partial charge on any atom is -0.494 e. The summed E-state index contributed by atoms with van der Waals surface area (Å²) in [6, 6.07) is 18.4. The van der Waals surface area contributed by atoms with Gasteiger partial charge in [0, 0.05) is 47.3 Å². The molecule has 0 radical (unpaired) electrons. The number of hydrogen-bond acceptors (Lipinski definition) is 7. The van der Waals surface area contributed by atoms with Crippen LogP contribution in [0.15, 0.2) is 85.2 Å². The molecule has 9 heteroatoms. The van der Waals surface area contributed by atoms with E-state index < -0.39 is 17.9 Å². The van der Waals surface area contributed by atoms with Gasteiger partial charge in [-0.05, 0) is 53.6 Å². The molecule has 3 heterocycles. The van der Waals surface area contributed by atoms with Crippen LogP contribution in [-0.4, -0.2) is 56.8 Å². The number of carboxylic acids is 1. The van der Waals surface area contributed by atoms with Crippen LogP contribution in [0, 0.1) is 5.92 Å². The van der Waals surface area contributed by atoms with Gasteiger partial charge in [-0.25, -0.2) is 14.8 Å². The first-order valence-electron chi connectivity index (χ1n) is 17.5. The first-order chi connectivity index (χ1) is 24.0. The summed E-state index contributed by atoms with van der Waals surface area (Å²) in [5.74, 6) is -0.828. The molecule has 0 fully saturated rings. The third-order valence-corrected chi connectivity index (χ3v) is 10.5. The Labute approximate surface area is 299 Å². The maximum absolute atomic E-state index is 13.8. The molecule has 1 N–H and O–H groups in total. The van der Waals surface area contributed by atoms with Crippen molar-refractivity contribution in [1.29, 1.82) is 0 Å². The Bertz CT molecular complexity index is 1770. The predicted molar refractivity (Wildman–Crippen MR) is 199 cm³/mol. The summed E-state index contributed by atoms with van der Waals surface area (Å²) in [6.07, 6.45) is 13.1. The number of unbranched alkanes of at least 4 members (excludes halogenated alkanes) is 4. The van der Waals surface area contributed by atoms with Gasteiger partial charge < -0.3 is 14.7 Å². The van der Waals surface area contributed by atoms with Crippen molar-refractivity contribution in [2.45, 2.75) is 84.1 Å². The Morgan fingerprint density at radius 1 is 0.900 bits per heavy atom. The summed E-state index contributed by atoms with van der Waals surface area (Å²) in [4.78, 5) is 51.4. The number of aliphatic carboxylic acids is 1. The third kappa shape index (κ3) is 9.53. The molecule has 1 aliphatic heterocycles. The number of amides is 1. The zero-order valence-corrected chi connectivity index (χ0v) is 30.2. The van der Waals surface area contributed by atoms with Crippen LogP contribution in [0.2, 0.25) is 0 Å². The van der Waals surface area contributed by atoms with Crippen molar-refractivity contribution in [1.82, 2.24) is 14.9 Å². The molecule has 50 heavy (non-hydrogen) atoms. The van der Waals surface area contributed by atoms with E-state index in [1.807, 2.05) is 60.7 Å². The topological polar surface area (TPSA) is 110 Å². The van der Waals surface area contributed by atoms with E-state index in [4.69, 9.17) is 4.74 Å². The highest BCUT2D eigenvalue weighted by molar-refractivity contribution is 7.14. The number of benzene rings is 2. The fraction of sp³-hybridized carbons (Fsp3) is 0.390. The van der Waals surface area contributed by atoms with Gasteiger partial charge in [0.15, 0.2) is 11.6 Å². The van der Waals surface area contributed by atoms with Gasteiger partial charge in [0.1, 0.15) is 11.8 Å². The average molecular weight is 694 g/mol. The van der Waals surface area contributed by atoms with Crippen molar-refractivity contribution in [2.24, 2.45) is 5.92 Å². The number of hydrogen-bond donors (Lipinski definition) is 1. The zero-order valence-electron chi connectivity index (χ0n) is 29.4. The van der Waals surface area contributed by atoms with E-state index in [2.05, 4.69) is 37.7 Å². The van der Waals surface area contributed by atoms with Gasteiger partial charge in [0.25, 0.3) is 0 Å². The number of rotatable bonds is 16. The van der Waals surface area contributed by atoms with Crippen LogP contribution < -0.4 is 4.74 Å². The van der Waals surface area contributed by atoms with Gasteiger partial charge in [-0.2, -0.15) is 0 Å². The number of ketones is 1. The highest BCUT2D eigenvalue weighted by Crippen LogP contribution is 2.32. The zero-order chi connectivity index (χ0) is 35.7. The molecule has 2 atom stereocenters. The summed E-state index contributed by atoms with van der Waals surface area (Å²) in [5, 5.41) is 9.70. The van der Waals surface area contributed by atoms with Crippen LogP contribution in [-0.2, 0) is 21.4 Å². The van der Waals surface area contributed by atoms with E-state index in [0.29, 0.717) is 17.1 Å². The number of carbonyl (C=O) groups excluding carboxylic acids is 2. The quantitative estimate of drug-likeness (QED) is 0.0710. The summed E-state index contributed by atoms with van der Waals surface area (Å²) in [5.41, 5.74) is 3.50. The van der Waals surface area contributed by atoms with Crippen molar-refractivity contribution >= 4 is 29.0 Å². The molecule has 2 aromatic carbocycles. The van der Waals surface area contributed by atoms with Crippen LogP contribution in [0.4, 0.5) is 0 Å². The first kappa shape index (κ1) is 36.6. The van der Waals surface area contributed by atoms with Crippen LogP contribution in [0.3, 0.4) is 0 Å². The molecule has 5 rings (SSSR count). The van der Waals surface area contributed by atoms with Crippen molar-refractivity contribution in [3.63, 3.8) is 0 Å². The highest BCUT2D eigenvalue weighted by Gasteiger charge is 2.35. The first-order valence-corrected chi connectivity index (χ1v) is 18.3. The number of thiophene rings is 1. The van der Waals surface area contributed by atoms with E-state index in [9.17, 15) is 19.5 Å². The van der Waals surface area contributed by atoms with E-state index >= 15 is 0 Å². The maximum atomic E-state index is 13.8. The van der Waals surface area contributed by atoms with E-state index in [1.54, 1.807) is 18.5 Å². The third-order valence-electron chi connectivity index (χ3n) is 8.94. The predicted octanol–water partition coefficient (Wildman–Crippen LogP) is 8.80. The molecule has 8 nitrogen and oxygen atoms in total. The van der Waals surface area contributed by atoms with E-state index in [-0.39, 0.29) is 30.1 Å². The molecule has 0 saturated heterocycles. The SMILES string of the molecule is CCCCCCCOc1ccc(-c2cnc(-c3ccc(C[C@H](CC(=O)c4ccc(C(C)(C)C)s4)C(=O)N4CC=CC4C(=O)O)cc3)nc2)cc1. The molecular weight excluding hydrogens is 647 g/mol. The average Bonchev–Trinajstić information content (AvgIpc) is 3.82. The Morgan fingerprint density at radius 2 is 1.58 bits per heavy atom. The van der Waals surface area contributed by atoms with Gasteiger partial charge in [0.2, 0.25) is 5.91 Å². The van der Waals surface area contributed by atoms with Gasteiger partial charge in [-0.3, -0.25) is 9.59 Å². The lowest BCUT2D eigenvalue weighted by Crippen LogP contribution is -2.44. The fourth-order valence-corrected chi connectivity index (χ4v) is 7.01. The summed E-state index contributed by atoms with van der Waals surface area (Å²) in [7, 11) is 0. The lowest BCUT2D eigenvalue weighted by atomic mass is 9.91. The molecule has 1 aliphatic rings. The molecule has 2 aromatic heterocycles. The smallest absolute Gasteiger partial charge is 0.330 e. The number of carboxylic acid groups (broad SMARTS) is 1. The largest absolute Gasteiger partial charge is 0.494 e. The normalized spacial score (nSPS) is 14.9. The second kappa shape index (κ2) is 16.9. The Morgan fingerprint density at radius 3 is 2.22 bits per heavy atom. The lowest BCUT2D eigenvalue weighted by molar-refractivity contribution is -0.148. The minimum atomic E-state index is -1.09. The van der Waals surface area contributed by atoms with Crippen molar-refractivity contribution < 1.29 is 24.2 Å². The second-order valence-corrected chi connectivity index (χ2v) is 15.0. The number of nitrogens with zero attached hydrogens (tertiary/aromatic N) is 3. The van der Waals surface area contributed by atoms with Gasteiger partial charge in [0.05, 0.1) is 11.5 Å². The number of aromatic nitrogens is 2. The standard InChI is InChI=1S/C41H47N3O5S/c1-5-6-7-8-9-23-49-33-18-16-29(17-19-33)32-26-42-38(43-27-32)30-14-12-28(13-15-30)24-31(39(46)44-22-10-11-34(44)40(47)48)25-35(45)36-20-21-37(50-36)41(2,3)4/h10-21,26-27,31,34H,5-9,22-25H2,1-4H3,(H,47,48)/t31-,34?/m1/s1. The monoisotopic (exact) mass is 693 g/mol. The molecule has 0 aliphatic carbocycles. The lowest BCUT2D eigenvalue weighted by Gasteiger charge is -2.26. The van der Waals surface area contributed by atoms with Crippen LogP contribution >= 0.6 is 11.3 Å². The molecular formula is C41H47N3O5S. The molecule has 0 saturated carbocycles. The number of Topliss-reactive ketones (excluding diaryl/α,β-unsaturated/α-hetero) is 1. The van der Waals surface area contributed by atoms with Gasteiger partial charge >= 0.3 is 5.97 Å². The fourth-order valence-electron chi connectivity index (χ4n) is 6.00. The van der Waals surface area contributed by atoms with Gasteiger partial charge in [-0.1, -0.05) is 102 Å². The van der Waals surface area contributed by atoms with Crippen LogP contribution in [0.1, 0.15) is 86.3 Å². The second-order valence-electron chi connectivity index (χ2n) is 13.9. The molecule has 262 valence electrons. The van der Waals surface area contributed by atoms with Crippen molar-refractivity contribution in [2.75, 3.05) is 13.2 Å². The summed E-state index contributed by atoms with van der Waals surface area (Å²) < 4.78 is 5.90. The van der Waals surface area contributed by atoms with Crippen molar-refractivity contribution in [3.8, 4) is 28.3 Å². The van der Waals surface area contributed by atoms with E-state index in [0.717, 1.165) is 45.9 Å². The summed E-state index contributed by atoms with van der Waals surface area (Å²) in [6.45, 7) is 9.44. The number of carbonyl (C=O) groups is 3. The minimum absolute atomic E-state index is 0.00968. The van der Waals surface area contributed by atoms with Crippen LogP contribution in [0.25, 0.3) is 22.5 Å². The Hall–Kier alpha value is -4.63. The molecule has 1 unspecified atom stereocenters. The highest BCUT2D eigenvalue weighted by atomic mass is 32.1. The van der Waals surface area contributed by atoms with E-state index in [1.165, 1.54) is 48.0 Å². The molecule has 0 bridgehead atoms. The summed E-state index contributed by atoms with van der Waals surface area (Å²) >= 11 is 1.45. The van der Waals surface area contributed by atoms with Crippen LogP contribution in [0.5, 0.6) is 5.75 Å². The number of ether oxygens (including phenoxy) is 1. The molecule has 1 amide bonds. The maximum Gasteiger partial charge on any atom is 0.330 e. The van der Waals surface area contributed by atoms with Crippen molar-refractivity contribution in [3.05, 3.63) is 101 Å².